The minimum Gasteiger partial charge on any atom is -0.453 e. The van der Waals surface area contributed by atoms with Crippen molar-refractivity contribution in [3.8, 4) is 0 Å². The number of nitrogen functional groups attached to an aromatic ring is 1. The van der Waals surface area contributed by atoms with Crippen LogP contribution in [-0.4, -0.2) is 50.9 Å². The number of aromatic nitrogens is 1. The van der Waals surface area contributed by atoms with Gasteiger partial charge < -0.3 is 15.8 Å². The lowest BCUT2D eigenvalue weighted by atomic mass is 10.0. The summed E-state index contributed by atoms with van der Waals surface area (Å²) in [6.07, 6.45) is -0.355. The van der Waals surface area contributed by atoms with Crippen molar-refractivity contribution in [1.82, 2.24) is 15.2 Å². The molecule has 3 aliphatic heterocycles. The van der Waals surface area contributed by atoms with E-state index in [2.05, 4.69) is 15.5 Å². The van der Waals surface area contributed by atoms with Crippen LogP contribution in [0.1, 0.15) is 18.7 Å². The summed E-state index contributed by atoms with van der Waals surface area (Å²) in [6.45, 7) is 1.75. The summed E-state index contributed by atoms with van der Waals surface area (Å²) in [7, 11) is 0. The number of amides is 2. The number of nitrogens with two attached hydrogens (primary N) is 1. The molecule has 4 rings (SSSR count). The second-order valence-corrected chi connectivity index (χ2v) is 7.93. The summed E-state index contributed by atoms with van der Waals surface area (Å²) < 4.78 is 5.16. The highest BCUT2D eigenvalue weighted by atomic mass is 32.2. The van der Waals surface area contributed by atoms with Gasteiger partial charge in [-0.3, -0.25) is 14.5 Å². The maximum Gasteiger partial charge on any atom is 0.355 e. The van der Waals surface area contributed by atoms with Crippen LogP contribution in [0.15, 0.2) is 21.8 Å². The van der Waals surface area contributed by atoms with Gasteiger partial charge in [0, 0.05) is 16.7 Å². The number of thiazole rings is 1. The maximum atomic E-state index is 12.5. The first kappa shape index (κ1) is 17.0. The Kier molecular flexibility index (Phi) is 3.95. The van der Waals surface area contributed by atoms with Gasteiger partial charge in [-0.25, -0.2) is 9.78 Å². The first-order chi connectivity index (χ1) is 12.4. The van der Waals surface area contributed by atoms with Crippen LogP contribution in [0.25, 0.3) is 0 Å². The molecule has 26 heavy (non-hydrogen) atoms. The highest BCUT2D eigenvalue weighted by Gasteiger charge is 2.57. The predicted octanol–water partition coefficient (Wildman–Crippen LogP) is 0.132. The molecule has 4 atom stereocenters. The van der Waals surface area contributed by atoms with E-state index in [0.29, 0.717) is 5.75 Å². The molecule has 2 unspecified atom stereocenters. The molecule has 1 aromatic rings. The Hall–Kier alpha value is -2.47. The van der Waals surface area contributed by atoms with Crippen molar-refractivity contribution in [2.45, 2.75) is 30.5 Å². The summed E-state index contributed by atoms with van der Waals surface area (Å²) in [4.78, 5) is 53.2. The number of β-lactam (4-membered cyclic amide) rings is 1. The predicted molar refractivity (Wildman–Crippen MR) is 92.7 cm³/mol. The molecule has 0 saturated carbocycles. The molecule has 0 spiro atoms. The van der Waals surface area contributed by atoms with Crippen LogP contribution in [0.3, 0.4) is 0 Å². The Balaban J connectivity index is 1.50. The van der Waals surface area contributed by atoms with Gasteiger partial charge in [0.25, 0.3) is 11.8 Å². The van der Waals surface area contributed by atoms with E-state index in [1.54, 1.807) is 6.92 Å². The van der Waals surface area contributed by atoms with Crippen LogP contribution < -0.4 is 11.1 Å². The van der Waals surface area contributed by atoms with Gasteiger partial charge in [-0.05, 0) is 12.1 Å². The minimum atomic E-state index is -1.38. The molecule has 3 N–H and O–H groups in total. The number of hydrogen-bond donors (Lipinski definition) is 2. The van der Waals surface area contributed by atoms with Gasteiger partial charge in [0.05, 0.1) is 5.69 Å². The van der Waals surface area contributed by atoms with Crippen LogP contribution >= 0.6 is 23.1 Å². The highest BCUT2D eigenvalue weighted by Crippen LogP contribution is 2.44. The molecule has 0 aromatic carbocycles. The van der Waals surface area contributed by atoms with Crippen molar-refractivity contribution >= 4 is 46.0 Å². The van der Waals surface area contributed by atoms with Crippen molar-refractivity contribution in [2.24, 2.45) is 5.18 Å². The van der Waals surface area contributed by atoms with Crippen molar-refractivity contribution in [2.75, 3.05) is 11.5 Å². The van der Waals surface area contributed by atoms with E-state index in [9.17, 15) is 19.3 Å². The second kappa shape index (κ2) is 6.06. The smallest absolute Gasteiger partial charge is 0.355 e. The molecule has 136 valence electrons. The zero-order valence-electron chi connectivity index (χ0n) is 13.4. The summed E-state index contributed by atoms with van der Waals surface area (Å²) in [5.41, 5.74) is 6.70. The monoisotopic (exact) mass is 395 g/mol. The number of cyclic esters (lactones) is 1. The third-order valence-electron chi connectivity index (χ3n) is 4.44. The first-order valence-electron chi connectivity index (χ1n) is 7.64. The Morgan fingerprint density at radius 2 is 2.31 bits per heavy atom. The molecule has 3 aliphatic rings. The molecule has 4 heterocycles. The number of nitroso groups, excluding NO2 is 1. The molecule has 1 fully saturated rings. The third kappa shape index (κ3) is 2.40. The van der Waals surface area contributed by atoms with Crippen molar-refractivity contribution in [1.29, 1.82) is 0 Å². The van der Waals surface area contributed by atoms with Crippen LogP contribution in [0.4, 0.5) is 5.13 Å². The van der Waals surface area contributed by atoms with Crippen molar-refractivity contribution < 1.29 is 19.1 Å². The van der Waals surface area contributed by atoms with Crippen LogP contribution in [0.5, 0.6) is 0 Å². The number of nitrogens with one attached hydrogen (secondary N) is 1. The number of thioether (sulfide) groups is 1. The highest BCUT2D eigenvalue weighted by molar-refractivity contribution is 8.00. The number of rotatable bonds is 4. The Morgan fingerprint density at radius 3 is 2.96 bits per heavy atom. The Morgan fingerprint density at radius 1 is 1.54 bits per heavy atom. The quantitative estimate of drug-likeness (QED) is 0.416. The van der Waals surface area contributed by atoms with Gasteiger partial charge in [0.1, 0.15) is 23.2 Å². The summed E-state index contributed by atoms with van der Waals surface area (Å²) in [5, 5.41) is 6.59. The minimum absolute atomic E-state index is 0.137. The molecular weight excluding hydrogens is 382 g/mol. The Labute approximate surface area is 155 Å². The van der Waals surface area contributed by atoms with Gasteiger partial charge in [-0.1, -0.05) is 0 Å². The number of fused-ring (bicyclic) bond motifs is 2. The number of ether oxygens (including phenoxy) is 1. The molecular formula is C14H13N5O5S2. The van der Waals surface area contributed by atoms with Crippen LogP contribution in [0.2, 0.25) is 0 Å². The summed E-state index contributed by atoms with van der Waals surface area (Å²) in [5.74, 6) is -1.15. The van der Waals surface area contributed by atoms with Crippen molar-refractivity contribution in [3.05, 3.63) is 27.3 Å². The largest absolute Gasteiger partial charge is 0.453 e. The van der Waals surface area contributed by atoms with Gasteiger partial charge in [0.2, 0.25) is 6.04 Å². The topological polar surface area (TPSA) is 144 Å². The van der Waals surface area contributed by atoms with E-state index >= 15 is 0 Å². The molecule has 12 heteroatoms. The van der Waals surface area contributed by atoms with E-state index < -0.39 is 35.2 Å². The normalized spacial score (nSPS) is 28.0. The number of carbonyl (C=O) groups is 3. The average Bonchev–Trinajstić information content (AvgIpc) is 3.15. The lowest BCUT2D eigenvalue weighted by Crippen LogP contribution is -2.70. The molecule has 0 radical (unpaired) electrons. The molecule has 1 aromatic heterocycles. The lowest BCUT2D eigenvalue weighted by Gasteiger charge is -2.48. The van der Waals surface area contributed by atoms with E-state index in [0.717, 1.165) is 16.9 Å². The fraction of sp³-hybridized carbons (Fsp3) is 0.429. The first-order valence-corrected chi connectivity index (χ1v) is 9.57. The Bertz CT molecular complexity index is 868. The van der Waals surface area contributed by atoms with E-state index in [-0.39, 0.29) is 22.6 Å². The fourth-order valence-corrected chi connectivity index (χ4v) is 5.16. The molecule has 2 amide bonds. The number of nitrogens with zero attached hydrogens (tertiary/aromatic N) is 3. The van der Waals surface area contributed by atoms with Gasteiger partial charge in [-0.15, -0.1) is 28.0 Å². The molecule has 0 aliphatic carbocycles. The van der Waals surface area contributed by atoms with Gasteiger partial charge in [-0.2, -0.15) is 0 Å². The standard InChI is InChI=1S/C14H13N5O5S2/c1-4-5-2-25-12-8(11(21)19(12)9(5)13(22)24-4)17-10(20)7(18-23)6-3-26-14(15)16-6/h3-4,7-8,12H,2H2,1H3,(H2,15,16)(H,17,20)/t4?,7?,8-,12-/m1/s1. The van der Waals surface area contributed by atoms with Gasteiger partial charge >= 0.3 is 5.97 Å². The van der Waals surface area contributed by atoms with Crippen LogP contribution in [-0.2, 0) is 19.1 Å². The number of hydrogen-bond acceptors (Lipinski definition) is 10. The maximum absolute atomic E-state index is 12.5. The third-order valence-corrected chi connectivity index (χ3v) is 6.43. The lowest BCUT2D eigenvalue weighted by molar-refractivity contribution is -0.151. The van der Waals surface area contributed by atoms with Gasteiger partial charge in [0.15, 0.2) is 5.13 Å². The van der Waals surface area contributed by atoms with Crippen molar-refractivity contribution in [3.63, 3.8) is 0 Å². The summed E-state index contributed by atoms with van der Waals surface area (Å²) in [6, 6.07) is -2.23. The van der Waals surface area contributed by atoms with E-state index in [1.165, 1.54) is 22.0 Å². The average molecular weight is 395 g/mol. The number of anilines is 1. The SMILES string of the molecule is CC1OC(=O)C2=C1CS[C@@H]1[C@H](NC(=O)C(N=O)c3csc(N)n3)C(=O)N21. The zero-order valence-corrected chi connectivity index (χ0v) is 15.0. The van der Waals surface area contributed by atoms with E-state index in [1.807, 2.05) is 0 Å². The van der Waals surface area contributed by atoms with Crippen LogP contribution in [0, 0.1) is 4.91 Å². The molecule has 0 bridgehead atoms. The molecule has 1 saturated heterocycles. The fourth-order valence-electron chi connectivity index (χ4n) is 3.13. The number of esters is 1. The second-order valence-electron chi connectivity index (χ2n) is 5.94. The number of carbonyl (C=O) groups excluding carboxylic acids is 3. The van der Waals surface area contributed by atoms with E-state index in [4.69, 9.17) is 10.5 Å². The molecule has 10 nitrogen and oxygen atoms in total. The zero-order chi connectivity index (χ0) is 18.6. The summed E-state index contributed by atoms with van der Waals surface area (Å²) >= 11 is 2.51.